The first-order chi connectivity index (χ1) is 16.0. The molecule has 2 aromatic carbocycles. The van der Waals surface area contributed by atoms with Crippen molar-refractivity contribution in [2.45, 2.75) is 32.6 Å². The highest BCUT2D eigenvalue weighted by Gasteiger charge is 2.19. The monoisotopic (exact) mass is 451 g/mol. The molecule has 0 saturated carbocycles. The van der Waals surface area contributed by atoms with Crippen molar-refractivity contribution in [2.75, 3.05) is 37.6 Å². The smallest absolute Gasteiger partial charge is 0.271 e. The van der Waals surface area contributed by atoms with Crippen LogP contribution in [0, 0.1) is 15.9 Å². The van der Waals surface area contributed by atoms with Crippen LogP contribution < -0.4 is 4.90 Å². The molecule has 0 N–H and O–H groups in total. The van der Waals surface area contributed by atoms with Crippen molar-refractivity contribution < 1.29 is 9.31 Å². The summed E-state index contributed by atoms with van der Waals surface area (Å²) < 4.78 is 15.9. The number of hydrogen-bond donors (Lipinski definition) is 0. The third-order valence-corrected chi connectivity index (χ3v) is 6.10. The van der Waals surface area contributed by atoms with Gasteiger partial charge in [0.1, 0.15) is 5.82 Å². The minimum atomic E-state index is -0.374. The Morgan fingerprint density at radius 2 is 1.82 bits per heavy atom. The van der Waals surface area contributed by atoms with Crippen molar-refractivity contribution in [3.63, 3.8) is 0 Å². The Kier molecular flexibility index (Phi) is 7.34. The zero-order valence-electron chi connectivity index (χ0n) is 19.0. The lowest BCUT2D eigenvalue weighted by Gasteiger charge is -2.36. The number of hydrogen-bond acceptors (Lipinski definition) is 5. The molecule has 8 heteroatoms. The van der Waals surface area contributed by atoms with Gasteiger partial charge in [0.15, 0.2) is 0 Å². The Balaban J connectivity index is 1.37. The van der Waals surface area contributed by atoms with Crippen LogP contribution in [-0.2, 0) is 12.8 Å². The Morgan fingerprint density at radius 1 is 1.03 bits per heavy atom. The average molecular weight is 452 g/mol. The number of nitro benzene ring substituents is 1. The predicted octanol–water partition coefficient (Wildman–Crippen LogP) is 4.63. The highest BCUT2D eigenvalue weighted by atomic mass is 19.1. The molecule has 0 spiro atoms. The first-order valence-corrected chi connectivity index (χ1v) is 11.6. The van der Waals surface area contributed by atoms with Gasteiger partial charge in [-0.1, -0.05) is 31.5 Å². The second-order valence-electron chi connectivity index (χ2n) is 8.45. The molecule has 0 unspecified atom stereocenters. The fourth-order valence-electron chi connectivity index (χ4n) is 4.40. The van der Waals surface area contributed by atoms with Crippen LogP contribution >= 0.6 is 0 Å². The maximum atomic E-state index is 14.1. The Hall–Kier alpha value is -3.26. The number of piperazine rings is 1. The third-order valence-electron chi connectivity index (χ3n) is 6.10. The summed E-state index contributed by atoms with van der Waals surface area (Å²) in [6.07, 6.45) is 3.68. The van der Waals surface area contributed by atoms with E-state index in [0.29, 0.717) is 5.69 Å². The van der Waals surface area contributed by atoms with Crippen LogP contribution in [0.15, 0.2) is 54.6 Å². The standard InChI is InChI=1S/C25H30FN5O2/c1-2-7-20-18-21(30(27-20)22-8-5-9-23(19-22)31(32)33)10-6-13-28-14-16-29(17-15-28)25-12-4-3-11-24(25)26/h3-5,8-9,11-12,18-19H,2,6-7,10,13-17H2,1H3. The largest absolute Gasteiger partial charge is 0.367 e. The Labute approximate surface area is 193 Å². The molecule has 1 fully saturated rings. The van der Waals surface area contributed by atoms with Crippen molar-refractivity contribution in [1.82, 2.24) is 14.7 Å². The fourth-order valence-corrected chi connectivity index (χ4v) is 4.40. The first kappa shape index (κ1) is 22.9. The number of aryl methyl sites for hydroxylation is 2. The normalized spacial score (nSPS) is 14.5. The molecule has 2 heterocycles. The molecule has 174 valence electrons. The SMILES string of the molecule is CCCc1cc(CCCN2CCN(c3ccccc3F)CC2)n(-c2cccc([N+](=O)[O-])c2)n1. The van der Waals surface area contributed by atoms with Gasteiger partial charge in [0, 0.05) is 44.0 Å². The van der Waals surface area contributed by atoms with Gasteiger partial charge in [-0.3, -0.25) is 15.0 Å². The molecular weight excluding hydrogens is 421 g/mol. The highest BCUT2D eigenvalue weighted by Crippen LogP contribution is 2.22. The van der Waals surface area contributed by atoms with Crippen molar-refractivity contribution >= 4 is 11.4 Å². The minimum absolute atomic E-state index is 0.0683. The summed E-state index contributed by atoms with van der Waals surface area (Å²) in [5.74, 6) is -0.164. The van der Waals surface area contributed by atoms with E-state index in [9.17, 15) is 14.5 Å². The van der Waals surface area contributed by atoms with Gasteiger partial charge >= 0.3 is 0 Å². The second kappa shape index (κ2) is 10.6. The lowest BCUT2D eigenvalue weighted by molar-refractivity contribution is -0.384. The lowest BCUT2D eigenvalue weighted by atomic mass is 10.1. The van der Waals surface area contributed by atoms with Crippen molar-refractivity contribution in [3.05, 3.63) is 81.9 Å². The number of anilines is 1. The van der Waals surface area contributed by atoms with Crippen molar-refractivity contribution in [2.24, 2.45) is 0 Å². The number of aromatic nitrogens is 2. The average Bonchev–Trinajstić information content (AvgIpc) is 3.23. The zero-order chi connectivity index (χ0) is 23.2. The topological polar surface area (TPSA) is 67.4 Å². The molecule has 1 aromatic heterocycles. The minimum Gasteiger partial charge on any atom is -0.367 e. The van der Waals surface area contributed by atoms with Crippen LogP contribution in [0.5, 0.6) is 0 Å². The summed E-state index contributed by atoms with van der Waals surface area (Å²) in [5, 5.41) is 15.9. The number of nitro groups is 1. The van der Waals surface area contributed by atoms with Gasteiger partial charge in [0.25, 0.3) is 5.69 Å². The molecule has 7 nitrogen and oxygen atoms in total. The number of para-hydroxylation sites is 1. The number of benzene rings is 2. The summed E-state index contributed by atoms with van der Waals surface area (Å²) in [5.41, 5.74) is 3.56. The van der Waals surface area contributed by atoms with Gasteiger partial charge in [-0.2, -0.15) is 5.10 Å². The summed E-state index contributed by atoms with van der Waals surface area (Å²) >= 11 is 0. The molecular formula is C25H30FN5O2. The molecule has 0 radical (unpaired) electrons. The van der Waals surface area contributed by atoms with E-state index < -0.39 is 0 Å². The quantitative estimate of drug-likeness (QED) is 0.351. The van der Waals surface area contributed by atoms with Crippen LogP contribution in [0.2, 0.25) is 0 Å². The lowest BCUT2D eigenvalue weighted by Crippen LogP contribution is -2.47. The zero-order valence-corrected chi connectivity index (χ0v) is 19.0. The van der Waals surface area contributed by atoms with E-state index in [-0.39, 0.29) is 16.4 Å². The van der Waals surface area contributed by atoms with E-state index in [2.05, 4.69) is 22.8 Å². The van der Waals surface area contributed by atoms with Gasteiger partial charge in [0.2, 0.25) is 0 Å². The van der Waals surface area contributed by atoms with E-state index in [4.69, 9.17) is 5.10 Å². The van der Waals surface area contributed by atoms with Gasteiger partial charge in [-0.05, 0) is 50.1 Å². The number of non-ortho nitro benzene ring substituents is 1. The molecule has 3 aromatic rings. The molecule has 0 aliphatic carbocycles. The summed E-state index contributed by atoms with van der Waals surface area (Å²) in [7, 11) is 0. The first-order valence-electron chi connectivity index (χ1n) is 11.6. The highest BCUT2D eigenvalue weighted by molar-refractivity contribution is 5.48. The van der Waals surface area contributed by atoms with E-state index in [1.54, 1.807) is 18.2 Å². The predicted molar refractivity (Wildman–Crippen MR) is 128 cm³/mol. The number of halogens is 1. The van der Waals surface area contributed by atoms with Gasteiger partial charge in [-0.15, -0.1) is 0 Å². The molecule has 4 rings (SSSR count). The van der Waals surface area contributed by atoms with E-state index in [1.165, 1.54) is 12.1 Å². The molecule has 1 saturated heterocycles. The Bertz CT molecular complexity index is 1090. The molecule has 0 atom stereocenters. The van der Waals surface area contributed by atoms with E-state index in [0.717, 1.165) is 75.5 Å². The summed E-state index contributed by atoms with van der Waals surface area (Å²) in [6.45, 7) is 6.50. The van der Waals surface area contributed by atoms with Gasteiger partial charge < -0.3 is 4.90 Å². The fraction of sp³-hybridized carbons (Fsp3) is 0.400. The summed E-state index contributed by atoms with van der Waals surface area (Å²) in [4.78, 5) is 15.4. The molecule has 1 aliphatic heterocycles. The van der Waals surface area contributed by atoms with Crippen molar-refractivity contribution in [1.29, 1.82) is 0 Å². The Morgan fingerprint density at radius 3 is 2.55 bits per heavy atom. The maximum Gasteiger partial charge on any atom is 0.271 e. The van der Waals surface area contributed by atoms with Crippen LogP contribution in [0.3, 0.4) is 0 Å². The second-order valence-corrected chi connectivity index (χ2v) is 8.45. The van der Waals surface area contributed by atoms with Gasteiger partial charge in [0.05, 0.1) is 22.0 Å². The third kappa shape index (κ3) is 5.57. The summed E-state index contributed by atoms with van der Waals surface area (Å²) in [6, 6.07) is 15.7. The number of nitrogens with zero attached hydrogens (tertiary/aromatic N) is 5. The molecule has 0 bridgehead atoms. The number of rotatable bonds is 9. The van der Waals surface area contributed by atoms with Crippen LogP contribution in [-0.4, -0.2) is 52.3 Å². The molecule has 0 amide bonds. The van der Waals surface area contributed by atoms with E-state index >= 15 is 0 Å². The molecule has 1 aliphatic rings. The van der Waals surface area contributed by atoms with Crippen molar-refractivity contribution in [3.8, 4) is 5.69 Å². The van der Waals surface area contributed by atoms with Gasteiger partial charge in [-0.25, -0.2) is 9.07 Å². The van der Waals surface area contributed by atoms with Crippen LogP contribution in [0.1, 0.15) is 31.2 Å². The van der Waals surface area contributed by atoms with Crippen LogP contribution in [0.4, 0.5) is 15.8 Å². The van der Waals surface area contributed by atoms with Crippen LogP contribution in [0.25, 0.3) is 5.69 Å². The van der Waals surface area contributed by atoms with E-state index in [1.807, 2.05) is 22.9 Å². The molecule has 33 heavy (non-hydrogen) atoms. The maximum absolute atomic E-state index is 14.1.